The highest BCUT2D eigenvalue weighted by molar-refractivity contribution is 5.78. The molecule has 1 atom stereocenters. The van der Waals surface area contributed by atoms with E-state index in [-0.39, 0.29) is 0 Å². The number of benzene rings is 3. The number of hydrogen-bond acceptors (Lipinski definition) is 1. The monoisotopic (exact) mass is 333 g/mol. The third kappa shape index (κ3) is 3.61. The van der Waals surface area contributed by atoms with Gasteiger partial charge in [0.15, 0.2) is 0 Å². The van der Waals surface area contributed by atoms with Crippen molar-refractivity contribution in [3.8, 4) is 11.8 Å². The van der Waals surface area contributed by atoms with E-state index < -0.39 is 0 Å². The summed E-state index contributed by atoms with van der Waals surface area (Å²) < 4.78 is 0. The average molecular weight is 333 g/mol. The van der Waals surface area contributed by atoms with Gasteiger partial charge in [-0.05, 0) is 47.0 Å². The lowest BCUT2D eigenvalue weighted by molar-refractivity contribution is 1.10. The summed E-state index contributed by atoms with van der Waals surface area (Å²) in [6, 6.07) is 26.6. The van der Waals surface area contributed by atoms with Crippen molar-refractivity contribution >= 4 is 11.3 Å². The predicted octanol–water partition coefficient (Wildman–Crippen LogP) is 5.41. The second kappa shape index (κ2) is 7.17. The highest BCUT2D eigenvalue weighted by Gasteiger charge is 2.12. The van der Waals surface area contributed by atoms with Crippen molar-refractivity contribution in [3.63, 3.8) is 0 Å². The molecule has 1 heteroatoms. The fourth-order valence-corrected chi connectivity index (χ4v) is 3.09. The zero-order valence-electron chi connectivity index (χ0n) is 14.4. The molecule has 26 heavy (non-hydrogen) atoms. The van der Waals surface area contributed by atoms with E-state index in [2.05, 4.69) is 78.6 Å². The third-order valence-corrected chi connectivity index (χ3v) is 4.48. The van der Waals surface area contributed by atoms with Gasteiger partial charge in [-0.25, -0.2) is 0 Å². The van der Waals surface area contributed by atoms with E-state index in [0.29, 0.717) is 5.92 Å². The molecule has 3 aromatic rings. The number of rotatable bonds is 2. The molecular weight excluding hydrogens is 314 g/mol. The molecule has 3 aromatic carbocycles. The summed E-state index contributed by atoms with van der Waals surface area (Å²) in [5.74, 6) is 6.69. The molecule has 2 N–H and O–H groups in total. The van der Waals surface area contributed by atoms with Crippen LogP contribution >= 0.6 is 0 Å². The summed E-state index contributed by atoms with van der Waals surface area (Å²) >= 11 is 0. The van der Waals surface area contributed by atoms with Gasteiger partial charge in [0.2, 0.25) is 0 Å². The van der Waals surface area contributed by atoms with Crippen molar-refractivity contribution in [2.75, 3.05) is 5.73 Å². The summed E-state index contributed by atoms with van der Waals surface area (Å²) in [4.78, 5) is 0. The molecule has 0 saturated carbocycles. The normalized spacial score (nSPS) is 15.2. The van der Waals surface area contributed by atoms with Crippen LogP contribution in [0.4, 0.5) is 5.69 Å². The minimum atomic E-state index is 0.320. The Balaban J connectivity index is 1.51. The molecular formula is C25H19N. The van der Waals surface area contributed by atoms with Crippen LogP contribution in [-0.2, 0) is 0 Å². The second-order valence-electron chi connectivity index (χ2n) is 6.37. The summed E-state index contributed by atoms with van der Waals surface area (Å²) in [7, 11) is 0. The fourth-order valence-electron chi connectivity index (χ4n) is 3.09. The molecule has 0 saturated heterocycles. The van der Waals surface area contributed by atoms with Crippen LogP contribution in [-0.4, -0.2) is 0 Å². The quantitative estimate of drug-likeness (QED) is 0.493. The zero-order valence-corrected chi connectivity index (χ0v) is 14.4. The van der Waals surface area contributed by atoms with Gasteiger partial charge >= 0.3 is 0 Å². The van der Waals surface area contributed by atoms with Gasteiger partial charge in [-0.2, -0.15) is 0 Å². The van der Waals surface area contributed by atoms with Gasteiger partial charge in [0.1, 0.15) is 0 Å². The van der Waals surface area contributed by atoms with Crippen molar-refractivity contribution in [2.45, 2.75) is 5.92 Å². The maximum absolute atomic E-state index is 5.79. The topological polar surface area (TPSA) is 26.0 Å². The molecule has 1 aliphatic rings. The average Bonchev–Trinajstić information content (AvgIpc) is 3.18. The van der Waals surface area contributed by atoms with E-state index >= 15 is 0 Å². The number of anilines is 1. The van der Waals surface area contributed by atoms with E-state index in [4.69, 9.17) is 5.73 Å². The fraction of sp³-hybridized carbons (Fsp3) is 0.0400. The molecule has 0 bridgehead atoms. The number of nitrogen functional groups attached to an aromatic ring is 1. The lowest BCUT2D eigenvalue weighted by Gasteiger charge is -2.06. The Morgan fingerprint density at radius 1 is 0.731 bits per heavy atom. The Hall–Kier alpha value is -3.50. The molecule has 0 radical (unpaired) electrons. The van der Waals surface area contributed by atoms with Gasteiger partial charge in [0, 0.05) is 22.7 Å². The van der Waals surface area contributed by atoms with Crippen LogP contribution in [0.2, 0.25) is 0 Å². The molecule has 0 fully saturated rings. The smallest absolute Gasteiger partial charge is 0.0326 e. The van der Waals surface area contributed by atoms with Crippen LogP contribution in [0.25, 0.3) is 5.57 Å². The minimum absolute atomic E-state index is 0.320. The molecule has 0 aromatic heterocycles. The Labute approximate surface area is 154 Å². The molecule has 1 aliphatic carbocycles. The first-order valence-electron chi connectivity index (χ1n) is 8.71. The lowest BCUT2D eigenvalue weighted by atomic mass is 9.98. The van der Waals surface area contributed by atoms with Crippen molar-refractivity contribution in [1.82, 2.24) is 0 Å². The number of allylic oxidation sites excluding steroid dienone is 4. The van der Waals surface area contributed by atoms with Gasteiger partial charge < -0.3 is 5.73 Å². The van der Waals surface area contributed by atoms with E-state index in [9.17, 15) is 0 Å². The highest BCUT2D eigenvalue weighted by Crippen LogP contribution is 2.31. The molecule has 0 aliphatic heterocycles. The Morgan fingerprint density at radius 2 is 1.50 bits per heavy atom. The van der Waals surface area contributed by atoms with Crippen LogP contribution in [0.15, 0.2) is 97.1 Å². The Bertz CT molecular complexity index is 1030. The van der Waals surface area contributed by atoms with Gasteiger partial charge in [-0.3, -0.25) is 0 Å². The molecule has 0 heterocycles. The van der Waals surface area contributed by atoms with Crippen molar-refractivity contribution in [1.29, 1.82) is 0 Å². The van der Waals surface area contributed by atoms with E-state index in [1.54, 1.807) is 0 Å². The van der Waals surface area contributed by atoms with Gasteiger partial charge in [-0.1, -0.05) is 78.6 Å². The molecule has 1 unspecified atom stereocenters. The molecule has 0 amide bonds. The first-order valence-corrected chi connectivity index (χ1v) is 8.71. The lowest BCUT2D eigenvalue weighted by Crippen LogP contribution is -1.89. The molecule has 4 rings (SSSR count). The maximum Gasteiger partial charge on any atom is 0.0326 e. The number of hydrogen-bond donors (Lipinski definition) is 1. The Morgan fingerprint density at radius 3 is 2.27 bits per heavy atom. The van der Waals surface area contributed by atoms with Crippen LogP contribution in [0.5, 0.6) is 0 Å². The van der Waals surface area contributed by atoms with Gasteiger partial charge in [-0.15, -0.1) is 0 Å². The SMILES string of the molecule is Nc1cccc(C#Cc2ccc(C3C=CC(c4ccccc4)=C3)cc2)c1. The second-order valence-corrected chi connectivity index (χ2v) is 6.37. The van der Waals surface area contributed by atoms with Crippen molar-refractivity contribution in [3.05, 3.63) is 119 Å². The maximum atomic E-state index is 5.79. The van der Waals surface area contributed by atoms with E-state index in [0.717, 1.165) is 16.8 Å². The van der Waals surface area contributed by atoms with Gasteiger partial charge in [0.05, 0.1) is 0 Å². The summed E-state index contributed by atoms with van der Waals surface area (Å²) in [5, 5.41) is 0. The van der Waals surface area contributed by atoms with Crippen molar-refractivity contribution < 1.29 is 0 Å². The largest absolute Gasteiger partial charge is 0.399 e. The Kier molecular flexibility index (Phi) is 4.41. The van der Waals surface area contributed by atoms with Gasteiger partial charge in [0.25, 0.3) is 0 Å². The first kappa shape index (κ1) is 16.0. The molecule has 0 spiro atoms. The first-order chi connectivity index (χ1) is 12.8. The van der Waals surface area contributed by atoms with Crippen LogP contribution in [0.3, 0.4) is 0 Å². The summed E-state index contributed by atoms with van der Waals surface area (Å²) in [6.45, 7) is 0. The number of nitrogens with two attached hydrogens (primary N) is 1. The van der Waals surface area contributed by atoms with Crippen LogP contribution < -0.4 is 5.73 Å². The summed E-state index contributed by atoms with van der Waals surface area (Å²) in [6.07, 6.45) is 6.76. The minimum Gasteiger partial charge on any atom is -0.399 e. The van der Waals surface area contributed by atoms with E-state index in [1.807, 2.05) is 30.3 Å². The molecule has 1 nitrogen and oxygen atoms in total. The van der Waals surface area contributed by atoms with Crippen LogP contribution in [0, 0.1) is 11.8 Å². The zero-order chi connectivity index (χ0) is 17.8. The van der Waals surface area contributed by atoms with Crippen LogP contribution in [0.1, 0.15) is 28.2 Å². The standard InChI is InChI=1S/C25H19N/c26-25-8-4-5-20(17-25)10-9-19-11-13-22(14-12-19)24-16-15-23(18-24)21-6-2-1-3-7-21/h1-8,11-18,24H,26H2. The van der Waals surface area contributed by atoms with E-state index in [1.165, 1.54) is 16.7 Å². The summed E-state index contributed by atoms with van der Waals surface area (Å²) in [5.41, 5.74) is 12.3. The highest BCUT2D eigenvalue weighted by atomic mass is 14.5. The molecule has 124 valence electrons. The third-order valence-electron chi connectivity index (χ3n) is 4.48. The predicted molar refractivity (Wildman–Crippen MR) is 110 cm³/mol. The van der Waals surface area contributed by atoms with Crippen molar-refractivity contribution in [2.24, 2.45) is 0 Å².